The molecule has 1 N–H and O–H groups in total. The summed E-state index contributed by atoms with van der Waals surface area (Å²) in [5, 5.41) is -0.505. The molecular formula is C20H22F3NO4S. The van der Waals surface area contributed by atoms with Crippen molar-refractivity contribution in [2.24, 2.45) is 0 Å². The lowest BCUT2D eigenvalue weighted by Gasteiger charge is -2.14. The highest BCUT2D eigenvalue weighted by atomic mass is 32.2. The Morgan fingerprint density at radius 2 is 1.72 bits per heavy atom. The lowest BCUT2D eigenvalue weighted by atomic mass is 10.1. The zero-order valence-corrected chi connectivity index (χ0v) is 16.8. The van der Waals surface area contributed by atoms with Crippen LogP contribution in [0.15, 0.2) is 42.5 Å². The molecule has 1 aliphatic carbocycles. The number of sulfonamides is 1. The summed E-state index contributed by atoms with van der Waals surface area (Å²) in [5.74, 6) is -0.405. The predicted molar refractivity (Wildman–Crippen MR) is 102 cm³/mol. The van der Waals surface area contributed by atoms with Crippen molar-refractivity contribution in [3.8, 4) is 11.5 Å². The Kier molecular flexibility index (Phi) is 6.09. The normalized spacial score (nSPS) is 16.7. The summed E-state index contributed by atoms with van der Waals surface area (Å²) in [4.78, 5) is 0. The number of ether oxygens (including phenoxy) is 2. The van der Waals surface area contributed by atoms with Crippen LogP contribution in [0.25, 0.3) is 0 Å². The molecule has 1 atom stereocenters. The van der Waals surface area contributed by atoms with Crippen LogP contribution in [0, 0.1) is 0 Å². The summed E-state index contributed by atoms with van der Waals surface area (Å²) in [6.45, 7) is 3.31. The number of nitrogens with one attached hydrogen (secondary N) is 1. The topological polar surface area (TPSA) is 64.6 Å². The van der Waals surface area contributed by atoms with Gasteiger partial charge < -0.3 is 9.47 Å². The molecule has 0 radical (unpaired) electrons. The summed E-state index contributed by atoms with van der Waals surface area (Å²) in [5.41, 5.74) is 2.83. The zero-order valence-electron chi connectivity index (χ0n) is 16.0. The Morgan fingerprint density at radius 3 is 2.38 bits per heavy atom. The van der Waals surface area contributed by atoms with Gasteiger partial charge in [-0.05, 0) is 55.5 Å². The zero-order chi connectivity index (χ0) is 21.2. The van der Waals surface area contributed by atoms with E-state index in [0.717, 1.165) is 16.7 Å². The van der Waals surface area contributed by atoms with Gasteiger partial charge in [-0.1, -0.05) is 30.3 Å². The van der Waals surface area contributed by atoms with Crippen LogP contribution in [0.2, 0.25) is 0 Å². The first-order valence-corrected chi connectivity index (χ1v) is 10.7. The summed E-state index contributed by atoms with van der Waals surface area (Å²) in [6, 6.07) is 11.0. The van der Waals surface area contributed by atoms with Gasteiger partial charge in [0.05, 0.1) is 5.25 Å². The van der Waals surface area contributed by atoms with E-state index in [0.29, 0.717) is 12.8 Å². The van der Waals surface area contributed by atoms with E-state index in [-0.39, 0.29) is 18.4 Å². The highest BCUT2D eigenvalue weighted by Crippen LogP contribution is 2.32. The number of hydrogen-bond donors (Lipinski definition) is 1. The van der Waals surface area contributed by atoms with Gasteiger partial charge >= 0.3 is 6.36 Å². The minimum atomic E-state index is -4.80. The van der Waals surface area contributed by atoms with Gasteiger partial charge in [0.2, 0.25) is 10.0 Å². The standard InChI is InChI=1S/C20H22F3NO4S/c1-13(2)29(25,26)24-17-10-15-8-7-14(9-16(15)11-17)12-27-18-5-3-4-6-19(18)28-20(21,22)23/h3-9,13,17,24H,10-12H2,1-2H3/t17-/m0/s1. The highest BCUT2D eigenvalue weighted by molar-refractivity contribution is 7.90. The van der Waals surface area contributed by atoms with E-state index in [4.69, 9.17) is 4.74 Å². The first kappa shape index (κ1) is 21.4. The van der Waals surface area contributed by atoms with Crippen LogP contribution in [0.3, 0.4) is 0 Å². The maximum atomic E-state index is 12.5. The van der Waals surface area contributed by atoms with Crippen LogP contribution >= 0.6 is 0 Å². The van der Waals surface area contributed by atoms with Crippen LogP contribution in [0.1, 0.15) is 30.5 Å². The largest absolute Gasteiger partial charge is 0.573 e. The van der Waals surface area contributed by atoms with Crippen LogP contribution in [0.4, 0.5) is 13.2 Å². The van der Waals surface area contributed by atoms with E-state index in [1.165, 1.54) is 18.2 Å². The van der Waals surface area contributed by atoms with E-state index in [1.54, 1.807) is 19.9 Å². The molecule has 0 heterocycles. The molecule has 3 rings (SSSR count). The summed E-state index contributed by atoms with van der Waals surface area (Å²) >= 11 is 0. The van der Waals surface area contributed by atoms with Crippen molar-refractivity contribution in [2.75, 3.05) is 0 Å². The Labute approximate surface area is 167 Å². The van der Waals surface area contributed by atoms with Gasteiger partial charge in [0.25, 0.3) is 0 Å². The predicted octanol–water partition coefficient (Wildman–Crippen LogP) is 3.96. The maximum Gasteiger partial charge on any atom is 0.573 e. The van der Waals surface area contributed by atoms with Crippen LogP contribution in [0.5, 0.6) is 11.5 Å². The van der Waals surface area contributed by atoms with Crippen molar-refractivity contribution in [1.82, 2.24) is 4.72 Å². The van der Waals surface area contributed by atoms with Gasteiger partial charge in [-0.2, -0.15) is 0 Å². The number of alkyl halides is 3. The van der Waals surface area contributed by atoms with Crippen LogP contribution in [-0.2, 0) is 29.5 Å². The molecule has 0 saturated heterocycles. The van der Waals surface area contributed by atoms with Crippen molar-refractivity contribution in [2.45, 2.75) is 51.0 Å². The van der Waals surface area contributed by atoms with Gasteiger partial charge in [0.15, 0.2) is 11.5 Å². The van der Waals surface area contributed by atoms with E-state index in [1.807, 2.05) is 18.2 Å². The van der Waals surface area contributed by atoms with Gasteiger partial charge in [-0.15, -0.1) is 13.2 Å². The van der Waals surface area contributed by atoms with Gasteiger partial charge in [-0.3, -0.25) is 0 Å². The quantitative estimate of drug-likeness (QED) is 0.724. The number of hydrogen-bond acceptors (Lipinski definition) is 4. The molecule has 0 aromatic heterocycles. The van der Waals surface area contributed by atoms with Crippen molar-refractivity contribution >= 4 is 10.0 Å². The number of para-hydroxylation sites is 2. The lowest BCUT2D eigenvalue weighted by molar-refractivity contribution is -0.275. The second kappa shape index (κ2) is 8.23. The molecule has 29 heavy (non-hydrogen) atoms. The number of rotatable bonds is 7. The Bertz CT molecular complexity index is 974. The molecule has 158 valence electrons. The summed E-state index contributed by atoms with van der Waals surface area (Å²) in [6.07, 6.45) is -3.64. The fourth-order valence-corrected chi connectivity index (χ4v) is 4.06. The number of halogens is 3. The molecule has 5 nitrogen and oxygen atoms in total. The Hall–Kier alpha value is -2.26. The number of fused-ring (bicyclic) bond motifs is 1. The third-order valence-electron chi connectivity index (χ3n) is 4.62. The fourth-order valence-electron chi connectivity index (χ4n) is 3.15. The van der Waals surface area contributed by atoms with Crippen molar-refractivity contribution in [1.29, 1.82) is 0 Å². The van der Waals surface area contributed by atoms with Crippen molar-refractivity contribution < 1.29 is 31.1 Å². The van der Waals surface area contributed by atoms with Gasteiger partial charge in [0, 0.05) is 6.04 Å². The highest BCUT2D eigenvalue weighted by Gasteiger charge is 2.32. The first-order chi connectivity index (χ1) is 13.5. The molecule has 2 aromatic rings. The smallest absolute Gasteiger partial charge is 0.485 e. The molecule has 0 bridgehead atoms. The van der Waals surface area contributed by atoms with Gasteiger partial charge in [0.1, 0.15) is 6.61 Å². The average molecular weight is 429 g/mol. The molecule has 2 aromatic carbocycles. The molecule has 0 amide bonds. The average Bonchev–Trinajstić information content (AvgIpc) is 3.00. The van der Waals surface area contributed by atoms with Crippen LogP contribution in [-0.4, -0.2) is 26.1 Å². The summed E-state index contributed by atoms with van der Waals surface area (Å²) in [7, 11) is -3.36. The van der Waals surface area contributed by atoms with Crippen molar-refractivity contribution in [3.05, 3.63) is 59.2 Å². The van der Waals surface area contributed by atoms with Crippen LogP contribution < -0.4 is 14.2 Å². The Balaban J connectivity index is 1.66. The third kappa shape index (κ3) is 5.63. The third-order valence-corrected chi connectivity index (χ3v) is 6.53. The second-order valence-electron chi connectivity index (χ2n) is 7.20. The molecule has 0 aliphatic heterocycles. The molecule has 0 fully saturated rings. The number of benzene rings is 2. The molecule has 0 spiro atoms. The maximum absolute atomic E-state index is 12.5. The first-order valence-electron chi connectivity index (χ1n) is 9.13. The molecule has 1 aliphatic rings. The second-order valence-corrected chi connectivity index (χ2v) is 9.47. The van der Waals surface area contributed by atoms with Gasteiger partial charge in [-0.25, -0.2) is 13.1 Å². The molecule has 0 unspecified atom stereocenters. The molecule has 9 heteroatoms. The van der Waals surface area contributed by atoms with E-state index in [2.05, 4.69) is 9.46 Å². The SMILES string of the molecule is CC(C)S(=O)(=O)N[C@H]1Cc2ccc(COc3ccccc3OC(F)(F)F)cc2C1. The van der Waals surface area contributed by atoms with E-state index >= 15 is 0 Å². The lowest BCUT2D eigenvalue weighted by Crippen LogP contribution is -2.39. The van der Waals surface area contributed by atoms with E-state index < -0.39 is 27.4 Å². The van der Waals surface area contributed by atoms with E-state index in [9.17, 15) is 21.6 Å². The molecular weight excluding hydrogens is 407 g/mol. The molecule has 0 saturated carbocycles. The summed E-state index contributed by atoms with van der Waals surface area (Å²) < 4.78 is 73.9. The minimum absolute atomic E-state index is 0.00658. The van der Waals surface area contributed by atoms with Crippen molar-refractivity contribution in [3.63, 3.8) is 0 Å². The monoisotopic (exact) mass is 429 g/mol. The minimum Gasteiger partial charge on any atom is -0.485 e. The Morgan fingerprint density at radius 1 is 1.07 bits per heavy atom. The fraction of sp³-hybridized carbons (Fsp3) is 0.400.